The van der Waals surface area contributed by atoms with E-state index in [1.54, 1.807) is 0 Å². The molecule has 5 heteroatoms. The van der Waals surface area contributed by atoms with E-state index >= 15 is 0 Å². The molecule has 0 aromatic heterocycles. The Balaban J connectivity index is 1.96. The third kappa shape index (κ3) is 7.21. The maximum Gasteiger partial charge on any atom is 0.389 e. The summed E-state index contributed by atoms with van der Waals surface area (Å²) in [5, 5.41) is 6.51. The van der Waals surface area contributed by atoms with Crippen molar-refractivity contribution in [2.45, 2.75) is 45.2 Å². The topological polar surface area (TPSA) is 24.1 Å². The van der Waals surface area contributed by atoms with Crippen LogP contribution >= 0.6 is 0 Å². The van der Waals surface area contributed by atoms with Crippen LogP contribution in [0.3, 0.4) is 0 Å². The van der Waals surface area contributed by atoms with Gasteiger partial charge in [0.05, 0.1) is 0 Å². The first-order valence-electron chi connectivity index (χ1n) is 6.97. The van der Waals surface area contributed by atoms with Crippen LogP contribution in [0.5, 0.6) is 0 Å². The molecule has 1 fully saturated rings. The van der Waals surface area contributed by atoms with Crippen molar-refractivity contribution < 1.29 is 13.2 Å². The van der Waals surface area contributed by atoms with Gasteiger partial charge in [0.15, 0.2) is 0 Å². The molecule has 18 heavy (non-hydrogen) atoms. The fraction of sp³-hybridized carbons (Fsp3) is 1.00. The van der Waals surface area contributed by atoms with Gasteiger partial charge in [-0.05, 0) is 63.7 Å². The number of piperidine rings is 1. The van der Waals surface area contributed by atoms with Gasteiger partial charge in [0.2, 0.25) is 0 Å². The van der Waals surface area contributed by atoms with Crippen LogP contribution in [-0.2, 0) is 0 Å². The molecule has 2 atom stereocenters. The normalized spacial score (nSPS) is 23.0. The molecule has 1 saturated heterocycles. The zero-order chi connectivity index (χ0) is 13.4. The Morgan fingerprint density at radius 3 is 2.72 bits per heavy atom. The van der Waals surface area contributed by atoms with E-state index in [0.29, 0.717) is 12.5 Å². The Morgan fingerprint density at radius 1 is 1.33 bits per heavy atom. The monoisotopic (exact) mass is 266 g/mol. The minimum absolute atomic E-state index is 0.183. The predicted octanol–water partition coefficient (Wildman–Crippen LogP) is 2.94. The summed E-state index contributed by atoms with van der Waals surface area (Å²) in [6.07, 6.45) is -0.928. The average molecular weight is 266 g/mol. The number of halogens is 3. The molecule has 2 nitrogen and oxygen atoms in total. The highest BCUT2D eigenvalue weighted by Gasteiger charge is 2.25. The van der Waals surface area contributed by atoms with Crippen LogP contribution in [-0.4, -0.2) is 32.4 Å². The number of rotatable bonds is 7. The van der Waals surface area contributed by atoms with Gasteiger partial charge in [-0.25, -0.2) is 0 Å². The maximum absolute atomic E-state index is 11.9. The molecule has 0 radical (unpaired) electrons. The van der Waals surface area contributed by atoms with Crippen molar-refractivity contribution in [3.63, 3.8) is 0 Å². The molecular weight excluding hydrogens is 241 g/mol. The lowest BCUT2D eigenvalue weighted by molar-refractivity contribution is -0.135. The molecular formula is C13H25F3N2. The summed E-state index contributed by atoms with van der Waals surface area (Å²) in [5.41, 5.74) is 0. The van der Waals surface area contributed by atoms with Crippen LogP contribution in [0.15, 0.2) is 0 Å². The summed E-state index contributed by atoms with van der Waals surface area (Å²) in [7, 11) is 0. The van der Waals surface area contributed by atoms with E-state index in [1.165, 1.54) is 12.8 Å². The summed E-state index contributed by atoms with van der Waals surface area (Å²) in [6.45, 7) is 5.76. The van der Waals surface area contributed by atoms with Crippen molar-refractivity contribution in [2.24, 2.45) is 11.8 Å². The molecule has 1 aliphatic heterocycles. The van der Waals surface area contributed by atoms with Crippen molar-refractivity contribution in [1.82, 2.24) is 10.6 Å². The van der Waals surface area contributed by atoms with Crippen LogP contribution in [0.2, 0.25) is 0 Å². The van der Waals surface area contributed by atoms with E-state index in [2.05, 4.69) is 17.6 Å². The Kier molecular flexibility index (Phi) is 7.00. The highest BCUT2D eigenvalue weighted by atomic mass is 19.4. The zero-order valence-corrected chi connectivity index (χ0v) is 11.2. The molecule has 0 aliphatic carbocycles. The summed E-state index contributed by atoms with van der Waals surface area (Å²) in [5.74, 6) is 1.38. The number of hydrogen-bond donors (Lipinski definition) is 2. The molecule has 0 aromatic rings. The smallest absolute Gasteiger partial charge is 0.317 e. The van der Waals surface area contributed by atoms with E-state index in [4.69, 9.17) is 0 Å². The molecule has 108 valence electrons. The minimum atomic E-state index is -4.01. The van der Waals surface area contributed by atoms with E-state index in [-0.39, 0.29) is 6.42 Å². The first-order valence-corrected chi connectivity index (χ1v) is 6.97. The van der Waals surface area contributed by atoms with Crippen LogP contribution in [0.25, 0.3) is 0 Å². The van der Waals surface area contributed by atoms with Gasteiger partial charge >= 0.3 is 6.18 Å². The van der Waals surface area contributed by atoms with Crippen molar-refractivity contribution in [3.8, 4) is 0 Å². The fourth-order valence-corrected chi connectivity index (χ4v) is 2.47. The molecule has 1 heterocycles. The molecule has 2 N–H and O–H groups in total. The highest BCUT2D eigenvalue weighted by molar-refractivity contribution is 4.74. The summed E-state index contributed by atoms with van der Waals surface area (Å²) >= 11 is 0. The van der Waals surface area contributed by atoms with Gasteiger partial charge in [-0.3, -0.25) is 0 Å². The Labute approximate surface area is 108 Å². The molecule has 2 unspecified atom stereocenters. The lowest BCUT2D eigenvalue weighted by atomic mass is 9.85. The van der Waals surface area contributed by atoms with Gasteiger partial charge in [0.1, 0.15) is 0 Å². The lowest BCUT2D eigenvalue weighted by Gasteiger charge is -2.28. The molecule has 1 aliphatic rings. The number of nitrogens with one attached hydrogen (secondary N) is 2. The molecule has 0 aromatic carbocycles. The fourth-order valence-electron chi connectivity index (χ4n) is 2.47. The molecule has 0 bridgehead atoms. The van der Waals surface area contributed by atoms with Gasteiger partial charge < -0.3 is 10.6 Å². The van der Waals surface area contributed by atoms with Crippen molar-refractivity contribution in [1.29, 1.82) is 0 Å². The number of alkyl halides is 3. The van der Waals surface area contributed by atoms with Crippen LogP contribution in [0.1, 0.15) is 39.0 Å². The first kappa shape index (κ1) is 15.8. The van der Waals surface area contributed by atoms with Gasteiger partial charge in [0, 0.05) is 6.42 Å². The van der Waals surface area contributed by atoms with Crippen molar-refractivity contribution in [2.75, 3.05) is 26.2 Å². The second-order valence-corrected chi connectivity index (χ2v) is 5.34. The SMILES string of the molecule is CC(CCNCCCC(F)(F)F)C1CCCNC1. The maximum atomic E-state index is 11.9. The highest BCUT2D eigenvalue weighted by Crippen LogP contribution is 2.22. The van der Waals surface area contributed by atoms with Gasteiger partial charge in [-0.2, -0.15) is 13.2 Å². The summed E-state index contributed by atoms with van der Waals surface area (Å²) in [4.78, 5) is 0. The van der Waals surface area contributed by atoms with E-state index in [0.717, 1.165) is 32.0 Å². The molecule has 1 rings (SSSR count). The molecule has 0 saturated carbocycles. The van der Waals surface area contributed by atoms with E-state index in [9.17, 15) is 13.2 Å². The second kappa shape index (κ2) is 8.00. The number of hydrogen-bond acceptors (Lipinski definition) is 2. The van der Waals surface area contributed by atoms with Crippen LogP contribution in [0, 0.1) is 11.8 Å². The van der Waals surface area contributed by atoms with Gasteiger partial charge in [-0.1, -0.05) is 6.92 Å². The first-order chi connectivity index (χ1) is 8.49. The third-order valence-electron chi connectivity index (χ3n) is 3.73. The Hall–Kier alpha value is -0.290. The van der Waals surface area contributed by atoms with Crippen molar-refractivity contribution >= 4 is 0 Å². The lowest BCUT2D eigenvalue weighted by Crippen LogP contribution is -2.34. The minimum Gasteiger partial charge on any atom is -0.317 e. The van der Waals surface area contributed by atoms with Crippen molar-refractivity contribution in [3.05, 3.63) is 0 Å². The quantitative estimate of drug-likeness (QED) is 0.692. The van der Waals surface area contributed by atoms with E-state index < -0.39 is 12.6 Å². The van der Waals surface area contributed by atoms with Crippen LogP contribution in [0.4, 0.5) is 13.2 Å². The molecule has 0 spiro atoms. The predicted molar refractivity (Wildman–Crippen MR) is 67.5 cm³/mol. The molecule has 0 amide bonds. The third-order valence-corrected chi connectivity index (χ3v) is 3.73. The summed E-state index contributed by atoms with van der Waals surface area (Å²) in [6, 6.07) is 0. The largest absolute Gasteiger partial charge is 0.389 e. The summed E-state index contributed by atoms with van der Waals surface area (Å²) < 4.78 is 35.7. The van der Waals surface area contributed by atoms with E-state index in [1.807, 2.05) is 0 Å². The standard InChI is InChI=1S/C13H25F3N2/c1-11(12-4-2-7-18-10-12)5-9-17-8-3-6-13(14,15)16/h11-12,17-18H,2-10H2,1H3. The Morgan fingerprint density at radius 2 is 2.11 bits per heavy atom. The zero-order valence-electron chi connectivity index (χ0n) is 11.2. The van der Waals surface area contributed by atoms with Crippen LogP contribution < -0.4 is 10.6 Å². The van der Waals surface area contributed by atoms with Gasteiger partial charge in [-0.15, -0.1) is 0 Å². The Bertz CT molecular complexity index is 213. The average Bonchev–Trinajstić information content (AvgIpc) is 2.33. The van der Waals surface area contributed by atoms with Gasteiger partial charge in [0.25, 0.3) is 0 Å². The second-order valence-electron chi connectivity index (χ2n) is 5.34.